The lowest BCUT2D eigenvalue weighted by atomic mass is 9.87. The Bertz CT molecular complexity index is 1370. The normalized spacial score (nSPS) is 18.2. The fourth-order valence-electron chi connectivity index (χ4n) is 5.87. The molecular formula is C31H34N4O. The second-order valence-electron chi connectivity index (χ2n) is 10.4. The molecule has 4 aromatic rings. The number of nitrogens with zero attached hydrogens (tertiary/aromatic N) is 3. The summed E-state index contributed by atoms with van der Waals surface area (Å²) < 4.78 is 2.33. The van der Waals surface area contributed by atoms with Crippen molar-refractivity contribution in [1.29, 1.82) is 0 Å². The maximum Gasteiger partial charge on any atom is 0.223 e. The van der Waals surface area contributed by atoms with Gasteiger partial charge in [-0.1, -0.05) is 66.2 Å². The van der Waals surface area contributed by atoms with Crippen molar-refractivity contribution >= 4 is 22.9 Å². The number of hydrogen-bond donors (Lipinski definition) is 1. The summed E-state index contributed by atoms with van der Waals surface area (Å²) in [4.78, 5) is 20.6. The molecule has 36 heavy (non-hydrogen) atoms. The molecule has 1 amide bonds. The highest BCUT2D eigenvalue weighted by atomic mass is 16.2. The Morgan fingerprint density at radius 1 is 0.944 bits per heavy atom. The van der Waals surface area contributed by atoms with Gasteiger partial charge in [0.25, 0.3) is 0 Å². The van der Waals surface area contributed by atoms with E-state index in [4.69, 9.17) is 4.98 Å². The van der Waals surface area contributed by atoms with Gasteiger partial charge in [0, 0.05) is 19.0 Å². The number of fused-ring (bicyclic) bond motifs is 2. The van der Waals surface area contributed by atoms with Crippen LogP contribution in [0.5, 0.6) is 0 Å². The predicted molar refractivity (Wildman–Crippen MR) is 145 cm³/mol. The number of benzene rings is 3. The average molecular weight is 479 g/mol. The van der Waals surface area contributed by atoms with Crippen molar-refractivity contribution in [3.63, 3.8) is 0 Å². The lowest BCUT2D eigenvalue weighted by Crippen LogP contribution is -2.42. The largest absolute Gasteiger partial charge is 0.349 e. The molecule has 2 heterocycles. The highest BCUT2D eigenvalue weighted by Crippen LogP contribution is 2.31. The molecule has 1 N–H and O–H groups in total. The number of aryl methyl sites for hydroxylation is 2. The van der Waals surface area contributed by atoms with Crippen molar-refractivity contribution in [2.45, 2.75) is 51.6 Å². The van der Waals surface area contributed by atoms with Crippen molar-refractivity contribution < 1.29 is 4.79 Å². The Morgan fingerprint density at radius 3 is 2.53 bits per heavy atom. The van der Waals surface area contributed by atoms with Crippen LogP contribution in [0.3, 0.4) is 0 Å². The van der Waals surface area contributed by atoms with Gasteiger partial charge in [0.15, 0.2) is 0 Å². The van der Waals surface area contributed by atoms with Crippen LogP contribution < -0.4 is 10.2 Å². The van der Waals surface area contributed by atoms with E-state index >= 15 is 0 Å². The van der Waals surface area contributed by atoms with E-state index in [-0.39, 0.29) is 17.9 Å². The maximum absolute atomic E-state index is 13.2. The molecule has 1 aliphatic heterocycles. The second-order valence-corrected chi connectivity index (χ2v) is 10.4. The van der Waals surface area contributed by atoms with E-state index in [1.54, 1.807) is 0 Å². The van der Waals surface area contributed by atoms with Gasteiger partial charge in [0.2, 0.25) is 11.9 Å². The van der Waals surface area contributed by atoms with E-state index in [0.29, 0.717) is 0 Å². The van der Waals surface area contributed by atoms with Crippen molar-refractivity contribution in [3.05, 3.63) is 95.1 Å². The standard InChI is InChI=1S/C31H34N4O/c1-22-13-15-23(16-14-22)21-35-29-12-5-4-10-28(29)33-31(35)34-19-17-25(18-20-34)30(36)32-27-11-6-8-24-7-2-3-9-26(24)27/h2-5,7,9-10,12-16,25,27H,6,8,11,17-21H2,1H3,(H,32,36). The van der Waals surface area contributed by atoms with E-state index in [0.717, 1.165) is 68.7 Å². The number of para-hydroxylation sites is 2. The minimum absolute atomic E-state index is 0.0604. The van der Waals surface area contributed by atoms with Gasteiger partial charge >= 0.3 is 0 Å². The summed E-state index contributed by atoms with van der Waals surface area (Å²) in [6.07, 6.45) is 4.99. The van der Waals surface area contributed by atoms with Crippen LogP contribution in [0.25, 0.3) is 11.0 Å². The number of rotatable bonds is 5. The number of piperidine rings is 1. The number of carbonyl (C=O) groups excluding carboxylic acids is 1. The molecule has 3 aromatic carbocycles. The zero-order valence-electron chi connectivity index (χ0n) is 21.0. The smallest absolute Gasteiger partial charge is 0.223 e. The molecule has 5 nitrogen and oxygen atoms in total. The van der Waals surface area contributed by atoms with Gasteiger partial charge in [-0.25, -0.2) is 4.98 Å². The molecule has 1 aromatic heterocycles. The summed E-state index contributed by atoms with van der Waals surface area (Å²) >= 11 is 0. The van der Waals surface area contributed by atoms with Gasteiger partial charge in [0.1, 0.15) is 0 Å². The molecule has 1 fully saturated rings. The summed E-state index contributed by atoms with van der Waals surface area (Å²) in [7, 11) is 0. The van der Waals surface area contributed by atoms with Crippen LogP contribution in [0.1, 0.15) is 54.0 Å². The fourth-order valence-corrected chi connectivity index (χ4v) is 5.87. The zero-order chi connectivity index (χ0) is 24.5. The lowest BCUT2D eigenvalue weighted by Gasteiger charge is -2.34. The van der Waals surface area contributed by atoms with E-state index in [2.05, 4.69) is 94.5 Å². The summed E-state index contributed by atoms with van der Waals surface area (Å²) in [5, 5.41) is 3.39. The van der Waals surface area contributed by atoms with Gasteiger partial charge in [-0.05, 0) is 67.9 Å². The van der Waals surface area contributed by atoms with E-state index in [1.807, 2.05) is 0 Å². The minimum atomic E-state index is 0.0604. The predicted octanol–water partition coefficient (Wildman–Crippen LogP) is 5.80. The molecular weight excluding hydrogens is 444 g/mol. The Labute approximate surface area is 213 Å². The molecule has 1 atom stereocenters. The lowest BCUT2D eigenvalue weighted by molar-refractivity contribution is -0.126. The van der Waals surface area contributed by atoms with Crippen molar-refractivity contribution in [1.82, 2.24) is 14.9 Å². The third kappa shape index (κ3) is 4.50. The molecule has 2 aliphatic rings. The quantitative estimate of drug-likeness (QED) is 0.394. The van der Waals surface area contributed by atoms with Crippen molar-refractivity contribution in [2.75, 3.05) is 18.0 Å². The molecule has 1 aliphatic carbocycles. The summed E-state index contributed by atoms with van der Waals surface area (Å²) in [6, 6.07) is 25.8. The van der Waals surface area contributed by atoms with Crippen molar-refractivity contribution in [3.8, 4) is 0 Å². The SMILES string of the molecule is Cc1ccc(Cn2c(N3CCC(C(=O)NC4CCCc5ccccc54)CC3)nc3ccccc32)cc1. The minimum Gasteiger partial charge on any atom is -0.349 e. The zero-order valence-corrected chi connectivity index (χ0v) is 21.0. The molecule has 0 radical (unpaired) electrons. The Kier molecular flexibility index (Phi) is 6.22. The van der Waals surface area contributed by atoms with E-state index < -0.39 is 0 Å². The first kappa shape index (κ1) is 22.8. The van der Waals surface area contributed by atoms with Crippen LogP contribution in [0.15, 0.2) is 72.8 Å². The highest BCUT2D eigenvalue weighted by Gasteiger charge is 2.30. The van der Waals surface area contributed by atoms with Crippen LogP contribution in [0.4, 0.5) is 5.95 Å². The number of aromatic nitrogens is 2. The average Bonchev–Trinajstić information content (AvgIpc) is 3.28. The number of nitrogens with one attached hydrogen (secondary N) is 1. The molecule has 0 spiro atoms. The Balaban J connectivity index is 1.16. The van der Waals surface area contributed by atoms with E-state index in [9.17, 15) is 4.79 Å². The number of imidazole rings is 1. The highest BCUT2D eigenvalue weighted by molar-refractivity contribution is 5.80. The molecule has 0 saturated carbocycles. The first-order chi connectivity index (χ1) is 17.7. The number of anilines is 1. The van der Waals surface area contributed by atoms with Crippen LogP contribution in [0.2, 0.25) is 0 Å². The summed E-state index contributed by atoms with van der Waals surface area (Å²) in [6.45, 7) is 4.60. The van der Waals surface area contributed by atoms with Crippen LogP contribution in [-0.4, -0.2) is 28.5 Å². The second kappa shape index (κ2) is 9.81. The first-order valence-electron chi connectivity index (χ1n) is 13.3. The summed E-state index contributed by atoms with van der Waals surface area (Å²) in [5.41, 5.74) is 7.41. The van der Waals surface area contributed by atoms with Gasteiger partial charge in [-0.15, -0.1) is 0 Å². The van der Waals surface area contributed by atoms with Crippen LogP contribution in [-0.2, 0) is 17.8 Å². The molecule has 0 bridgehead atoms. The van der Waals surface area contributed by atoms with Crippen molar-refractivity contribution in [2.24, 2.45) is 5.92 Å². The molecule has 184 valence electrons. The van der Waals surface area contributed by atoms with Crippen LogP contribution >= 0.6 is 0 Å². The van der Waals surface area contributed by atoms with Gasteiger partial charge < -0.3 is 14.8 Å². The fraction of sp³-hybridized carbons (Fsp3) is 0.355. The number of amides is 1. The molecule has 5 heteroatoms. The summed E-state index contributed by atoms with van der Waals surface area (Å²) in [5.74, 6) is 1.28. The molecule has 1 unspecified atom stereocenters. The monoisotopic (exact) mass is 478 g/mol. The third-order valence-electron chi connectivity index (χ3n) is 7.93. The Hall–Kier alpha value is -3.60. The molecule has 6 rings (SSSR count). The molecule has 1 saturated heterocycles. The number of hydrogen-bond acceptors (Lipinski definition) is 3. The first-order valence-corrected chi connectivity index (χ1v) is 13.3. The Morgan fingerprint density at radius 2 is 1.69 bits per heavy atom. The van der Waals surface area contributed by atoms with Crippen LogP contribution in [0, 0.1) is 12.8 Å². The third-order valence-corrected chi connectivity index (χ3v) is 7.93. The van der Waals surface area contributed by atoms with E-state index in [1.165, 1.54) is 22.3 Å². The number of carbonyl (C=O) groups is 1. The van der Waals surface area contributed by atoms with Gasteiger partial charge in [0.05, 0.1) is 23.6 Å². The van der Waals surface area contributed by atoms with Gasteiger partial charge in [-0.3, -0.25) is 4.79 Å². The maximum atomic E-state index is 13.2. The van der Waals surface area contributed by atoms with Gasteiger partial charge in [-0.2, -0.15) is 0 Å². The topological polar surface area (TPSA) is 50.2 Å².